The summed E-state index contributed by atoms with van der Waals surface area (Å²) < 4.78 is 5.51. The van der Waals surface area contributed by atoms with Gasteiger partial charge in [-0.25, -0.2) is 4.98 Å². The molecule has 4 rings (SSSR count). The fourth-order valence-electron chi connectivity index (χ4n) is 3.51. The van der Waals surface area contributed by atoms with Gasteiger partial charge in [-0.2, -0.15) is 0 Å². The SMILES string of the molecule is CC(OC(=O)Cc1csc(-c2ccccn2)n1)C(=O)N(Cc1ccccc1)Cc1ccccc1. The number of amides is 1. The Balaban J connectivity index is 1.40. The molecule has 1 atom stereocenters. The number of hydrogen-bond acceptors (Lipinski definition) is 6. The van der Waals surface area contributed by atoms with Gasteiger partial charge in [-0.15, -0.1) is 11.3 Å². The van der Waals surface area contributed by atoms with Crippen molar-refractivity contribution in [3.8, 4) is 10.7 Å². The summed E-state index contributed by atoms with van der Waals surface area (Å²) in [6, 6.07) is 25.1. The molecule has 4 aromatic rings. The second-order valence-electron chi connectivity index (χ2n) is 7.83. The lowest BCUT2D eigenvalue weighted by Gasteiger charge is -2.26. The zero-order valence-corrected chi connectivity index (χ0v) is 19.7. The first-order valence-corrected chi connectivity index (χ1v) is 11.9. The summed E-state index contributed by atoms with van der Waals surface area (Å²) in [6.45, 7) is 2.47. The van der Waals surface area contributed by atoms with Gasteiger partial charge in [-0.3, -0.25) is 14.6 Å². The number of ether oxygens (including phenoxy) is 1. The third kappa shape index (κ3) is 6.36. The second-order valence-corrected chi connectivity index (χ2v) is 8.69. The molecule has 6 nitrogen and oxygen atoms in total. The van der Waals surface area contributed by atoms with Crippen LogP contribution in [0.25, 0.3) is 10.7 Å². The van der Waals surface area contributed by atoms with Gasteiger partial charge in [0.25, 0.3) is 5.91 Å². The summed E-state index contributed by atoms with van der Waals surface area (Å²) in [5.74, 6) is -0.730. The van der Waals surface area contributed by atoms with Crippen LogP contribution in [0.1, 0.15) is 23.7 Å². The van der Waals surface area contributed by atoms with Crippen molar-refractivity contribution in [1.82, 2.24) is 14.9 Å². The second kappa shape index (κ2) is 11.3. The highest BCUT2D eigenvalue weighted by atomic mass is 32.1. The molecule has 2 aromatic carbocycles. The van der Waals surface area contributed by atoms with Crippen molar-refractivity contribution < 1.29 is 14.3 Å². The molecule has 7 heteroatoms. The van der Waals surface area contributed by atoms with Gasteiger partial charge < -0.3 is 9.64 Å². The van der Waals surface area contributed by atoms with Crippen LogP contribution in [-0.4, -0.2) is 32.8 Å². The summed E-state index contributed by atoms with van der Waals surface area (Å²) in [5.41, 5.74) is 3.37. The Morgan fingerprint density at radius 1 is 0.912 bits per heavy atom. The van der Waals surface area contributed by atoms with E-state index < -0.39 is 12.1 Å². The molecule has 172 valence electrons. The third-order valence-electron chi connectivity index (χ3n) is 5.16. The van der Waals surface area contributed by atoms with Crippen molar-refractivity contribution in [3.63, 3.8) is 0 Å². The molecule has 34 heavy (non-hydrogen) atoms. The van der Waals surface area contributed by atoms with E-state index in [2.05, 4.69) is 9.97 Å². The van der Waals surface area contributed by atoms with Gasteiger partial charge in [-0.1, -0.05) is 66.7 Å². The van der Waals surface area contributed by atoms with Crippen LogP contribution < -0.4 is 0 Å². The van der Waals surface area contributed by atoms with Crippen molar-refractivity contribution in [2.45, 2.75) is 32.5 Å². The average Bonchev–Trinajstić information content (AvgIpc) is 3.33. The van der Waals surface area contributed by atoms with Crippen molar-refractivity contribution in [1.29, 1.82) is 0 Å². The minimum Gasteiger partial charge on any atom is -0.452 e. The molecule has 2 heterocycles. The van der Waals surface area contributed by atoms with Gasteiger partial charge in [-0.05, 0) is 30.2 Å². The van der Waals surface area contributed by atoms with E-state index in [0.29, 0.717) is 18.8 Å². The summed E-state index contributed by atoms with van der Waals surface area (Å²) >= 11 is 1.42. The van der Waals surface area contributed by atoms with Crippen LogP contribution in [0.4, 0.5) is 0 Å². The number of hydrogen-bond donors (Lipinski definition) is 0. The zero-order valence-electron chi connectivity index (χ0n) is 18.8. The number of benzene rings is 2. The highest BCUT2D eigenvalue weighted by Crippen LogP contribution is 2.22. The molecule has 0 aliphatic carbocycles. The summed E-state index contributed by atoms with van der Waals surface area (Å²) in [4.78, 5) is 36.3. The van der Waals surface area contributed by atoms with E-state index >= 15 is 0 Å². The van der Waals surface area contributed by atoms with Crippen molar-refractivity contribution in [2.24, 2.45) is 0 Å². The average molecular weight is 472 g/mol. The lowest BCUT2D eigenvalue weighted by Crippen LogP contribution is -2.39. The summed E-state index contributed by atoms with van der Waals surface area (Å²) in [7, 11) is 0. The highest BCUT2D eigenvalue weighted by Gasteiger charge is 2.25. The lowest BCUT2D eigenvalue weighted by molar-refractivity contribution is -0.159. The molecule has 0 spiro atoms. The van der Waals surface area contributed by atoms with Crippen LogP contribution >= 0.6 is 11.3 Å². The van der Waals surface area contributed by atoms with Crippen LogP contribution in [0.5, 0.6) is 0 Å². The molecule has 0 bridgehead atoms. The summed E-state index contributed by atoms with van der Waals surface area (Å²) in [5, 5.41) is 2.55. The van der Waals surface area contributed by atoms with Crippen molar-refractivity contribution >= 4 is 23.2 Å². The number of carbonyl (C=O) groups is 2. The van der Waals surface area contributed by atoms with Crippen LogP contribution in [0, 0.1) is 0 Å². The van der Waals surface area contributed by atoms with E-state index in [1.165, 1.54) is 11.3 Å². The minimum absolute atomic E-state index is 0.00166. The Morgan fingerprint density at radius 3 is 2.12 bits per heavy atom. The van der Waals surface area contributed by atoms with Gasteiger partial charge in [0.1, 0.15) is 5.01 Å². The maximum Gasteiger partial charge on any atom is 0.312 e. The van der Waals surface area contributed by atoms with Gasteiger partial charge in [0, 0.05) is 24.7 Å². The normalized spacial score (nSPS) is 11.6. The Kier molecular flexibility index (Phi) is 7.78. The predicted molar refractivity (Wildman–Crippen MR) is 132 cm³/mol. The molecule has 0 N–H and O–H groups in total. The van der Waals surface area contributed by atoms with E-state index in [1.807, 2.05) is 84.2 Å². The number of aromatic nitrogens is 2. The lowest BCUT2D eigenvalue weighted by atomic mass is 10.1. The third-order valence-corrected chi connectivity index (χ3v) is 6.08. The molecular formula is C27H25N3O3S. The smallest absolute Gasteiger partial charge is 0.312 e. The van der Waals surface area contributed by atoms with Crippen molar-refractivity contribution in [3.05, 3.63) is 107 Å². The molecule has 1 unspecified atom stereocenters. The Bertz CT molecular complexity index is 1170. The standard InChI is InChI=1S/C27H25N3O3S/c1-20(33-25(31)16-23-19-34-26(29-23)24-14-8-9-15-28-24)27(32)30(17-21-10-4-2-5-11-21)18-22-12-6-3-7-13-22/h2-15,19-20H,16-18H2,1H3. The molecule has 0 saturated heterocycles. The fraction of sp³-hybridized carbons (Fsp3) is 0.185. The first kappa shape index (κ1) is 23.3. The molecule has 0 aliphatic rings. The maximum atomic E-state index is 13.3. The first-order chi connectivity index (χ1) is 16.6. The number of nitrogens with zero attached hydrogens (tertiary/aromatic N) is 3. The largest absolute Gasteiger partial charge is 0.452 e. The zero-order chi connectivity index (χ0) is 23.8. The van der Waals surface area contributed by atoms with Gasteiger partial charge in [0.2, 0.25) is 0 Å². The van der Waals surface area contributed by atoms with Crippen LogP contribution in [0.15, 0.2) is 90.4 Å². The topological polar surface area (TPSA) is 72.4 Å². The molecule has 2 aromatic heterocycles. The highest BCUT2D eigenvalue weighted by molar-refractivity contribution is 7.13. The molecule has 1 amide bonds. The quantitative estimate of drug-likeness (QED) is 0.325. The number of pyridine rings is 1. The number of rotatable bonds is 9. The van der Waals surface area contributed by atoms with E-state index in [9.17, 15) is 9.59 Å². The van der Waals surface area contributed by atoms with E-state index in [-0.39, 0.29) is 12.3 Å². The predicted octanol–water partition coefficient (Wildman–Crippen LogP) is 4.91. The van der Waals surface area contributed by atoms with Gasteiger partial charge in [0.05, 0.1) is 17.8 Å². The number of esters is 1. The maximum absolute atomic E-state index is 13.3. The molecule has 0 aliphatic heterocycles. The summed E-state index contributed by atoms with van der Waals surface area (Å²) in [6.07, 6.45) is 0.793. The van der Waals surface area contributed by atoms with Gasteiger partial charge >= 0.3 is 5.97 Å². The molecule has 0 radical (unpaired) electrons. The van der Waals surface area contributed by atoms with E-state index in [4.69, 9.17) is 4.74 Å². The van der Waals surface area contributed by atoms with Gasteiger partial charge in [0.15, 0.2) is 6.10 Å². The van der Waals surface area contributed by atoms with E-state index in [0.717, 1.165) is 21.8 Å². The Hall–Kier alpha value is -3.84. The van der Waals surface area contributed by atoms with Crippen LogP contribution in [-0.2, 0) is 33.8 Å². The monoisotopic (exact) mass is 471 g/mol. The minimum atomic E-state index is -0.908. The Labute approximate surface area is 202 Å². The first-order valence-electron chi connectivity index (χ1n) is 11.0. The van der Waals surface area contributed by atoms with Crippen molar-refractivity contribution in [2.75, 3.05) is 0 Å². The molecule has 0 fully saturated rings. The Morgan fingerprint density at radius 2 is 1.53 bits per heavy atom. The van der Waals surface area contributed by atoms with E-state index in [1.54, 1.807) is 18.0 Å². The van der Waals surface area contributed by atoms with Crippen LogP contribution in [0.3, 0.4) is 0 Å². The number of carbonyl (C=O) groups excluding carboxylic acids is 2. The van der Waals surface area contributed by atoms with Crippen LogP contribution in [0.2, 0.25) is 0 Å². The fourth-order valence-corrected chi connectivity index (χ4v) is 4.30. The number of thiazole rings is 1. The molecule has 0 saturated carbocycles. The molecular weight excluding hydrogens is 446 g/mol.